The molecular weight excluding hydrogens is 318 g/mol. The SMILES string of the molecule is COc1cc(C(=O)NC(C)(CO)C2CC2)sc1Br. The van der Waals surface area contributed by atoms with E-state index < -0.39 is 5.54 Å². The molecule has 0 spiro atoms. The van der Waals surface area contributed by atoms with Crippen molar-refractivity contribution in [2.45, 2.75) is 25.3 Å². The first-order chi connectivity index (χ1) is 8.50. The predicted molar refractivity (Wildman–Crippen MR) is 74.3 cm³/mol. The first kappa shape index (κ1) is 13.8. The molecule has 0 aliphatic heterocycles. The highest BCUT2D eigenvalue weighted by Gasteiger charge is 2.42. The number of halogens is 1. The highest BCUT2D eigenvalue weighted by Crippen LogP contribution is 2.40. The van der Waals surface area contributed by atoms with E-state index in [0.717, 1.165) is 16.6 Å². The average molecular weight is 334 g/mol. The van der Waals surface area contributed by atoms with Gasteiger partial charge in [-0.2, -0.15) is 0 Å². The van der Waals surface area contributed by atoms with Crippen molar-refractivity contribution >= 4 is 33.2 Å². The number of hydrogen-bond acceptors (Lipinski definition) is 4. The molecule has 1 aromatic heterocycles. The molecule has 100 valence electrons. The van der Waals surface area contributed by atoms with E-state index in [-0.39, 0.29) is 12.5 Å². The number of aliphatic hydroxyl groups excluding tert-OH is 1. The molecule has 2 N–H and O–H groups in total. The molecular formula is C12H16BrNO3S. The minimum atomic E-state index is -0.513. The molecule has 1 saturated carbocycles. The van der Waals surface area contributed by atoms with E-state index in [0.29, 0.717) is 16.5 Å². The first-order valence-electron chi connectivity index (χ1n) is 5.77. The van der Waals surface area contributed by atoms with Gasteiger partial charge in [0.15, 0.2) is 0 Å². The van der Waals surface area contributed by atoms with Gasteiger partial charge in [-0.15, -0.1) is 11.3 Å². The summed E-state index contributed by atoms with van der Waals surface area (Å²) in [6.07, 6.45) is 2.13. The van der Waals surface area contributed by atoms with Crippen molar-refractivity contribution in [2.24, 2.45) is 5.92 Å². The highest BCUT2D eigenvalue weighted by molar-refractivity contribution is 9.11. The van der Waals surface area contributed by atoms with Crippen molar-refractivity contribution in [2.75, 3.05) is 13.7 Å². The van der Waals surface area contributed by atoms with Crippen molar-refractivity contribution in [1.82, 2.24) is 5.32 Å². The molecule has 1 fully saturated rings. The van der Waals surface area contributed by atoms with Gasteiger partial charge in [0.1, 0.15) is 9.54 Å². The number of carbonyl (C=O) groups is 1. The maximum Gasteiger partial charge on any atom is 0.262 e. The van der Waals surface area contributed by atoms with E-state index >= 15 is 0 Å². The Labute approximate surface area is 118 Å². The molecule has 18 heavy (non-hydrogen) atoms. The molecule has 0 bridgehead atoms. The van der Waals surface area contributed by atoms with Crippen LogP contribution in [0.5, 0.6) is 5.75 Å². The summed E-state index contributed by atoms with van der Waals surface area (Å²) in [5, 5.41) is 12.4. The Bertz CT molecular complexity index is 458. The Morgan fingerprint density at radius 2 is 2.39 bits per heavy atom. The van der Waals surface area contributed by atoms with Crippen LogP contribution in [0.3, 0.4) is 0 Å². The summed E-state index contributed by atoms with van der Waals surface area (Å²) in [5.74, 6) is 0.881. The second-order valence-corrected chi connectivity index (χ2v) is 7.13. The van der Waals surface area contributed by atoms with Crippen LogP contribution in [0.25, 0.3) is 0 Å². The van der Waals surface area contributed by atoms with Gasteiger partial charge in [-0.25, -0.2) is 0 Å². The third-order valence-electron chi connectivity index (χ3n) is 3.31. The molecule has 1 amide bonds. The lowest BCUT2D eigenvalue weighted by atomic mass is 9.97. The van der Waals surface area contributed by atoms with Crippen LogP contribution in [-0.2, 0) is 0 Å². The molecule has 1 heterocycles. The number of rotatable bonds is 5. The monoisotopic (exact) mass is 333 g/mol. The predicted octanol–water partition coefficient (Wildman–Crippen LogP) is 2.41. The number of amides is 1. The van der Waals surface area contributed by atoms with Gasteiger partial charge >= 0.3 is 0 Å². The van der Waals surface area contributed by atoms with E-state index in [4.69, 9.17) is 4.74 Å². The number of hydrogen-bond donors (Lipinski definition) is 2. The second-order valence-electron chi connectivity index (χ2n) is 4.76. The zero-order valence-corrected chi connectivity index (χ0v) is 12.7. The van der Waals surface area contributed by atoms with Crippen LogP contribution in [0.4, 0.5) is 0 Å². The summed E-state index contributed by atoms with van der Waals surface area (Å²) < 4.78 is 5.92. The normalized spacial score (nSPS) is 18.2. The van der Waals surface area contributed by atoms with Gasteiger partial charge < -0.3 is 15.2 Å². The summed E-state index contributed by atoms with van der Waals surface area (Å²) in [6.45, 7) is 1.86. The van der Waals surface area contributed by atoms with E-state index in [1.165, 1.54) is 11.3 Å². The quantitative estimate of drug-likeness (QED) is 0.869. The largest absolute Gasteiger partial charge is 0.495 e. The highest BCUT2D eigenvalue weighted by atomic mass is 79.9. The Kier molecular flexibility index (Phi) is 3.99. The van der Waals surface area contributed by atoms with Gasteiger partial charge in [-0.3, -0.25) is 4.79 Å². The molecule has 0 saturated heterocycles. The van der Waals surface area contributed by atoms with Crippen LogP contribution in [0.2, 0.25) is 0 Å². The van der Waals surface area contributed by atoms with Gasteiger partial charge in [-0.1, -0.05) is 0 Å². The van der Waals surface area contributed by atoms with E-state index in [1.54, 1.807) is 13.2 Å². The van der Waals surface area contributed by atoms with Gasteiger partial charge in [0.2, 0.25) is 0 Å². The van der Waals surface area contributed by atoms with Gasteiger partial charge in [-0.05, 0) is 41.6 Å². The molecule has 1 aliphatic rings. The number of thiophene rings is 1. The van der Waals surface area contributed by atoms with Gasteiger partial charge in [0, 0.05) is 6.07 Å². The summed E-state index contributed by atoms with van der Waals surface area (Å²) in [7, 11) is 1.57. The zero-order valence-electron chi connectivity index (χ0n) is 10.3. The van der Waals surface area contributed by atoms with E-state index in [2.05, 4.69) is 21.2 Å². The average Bonchev–Trinajstić information content (AvgIpc) is 3.13. The standard InChI is InChI=1S/C12H16BrNO3S/c1-12(6-15,7-3-4-7)14-11(16)9-5-8(17-2)10(13)18-9/h5,7,15H,3-4,6H2,1-2H3,(H,14,16). The fourth-order valence-corrected chi connectivity index (χ4v) is 3.46. The van der Waals surface area contributed by atoms with Crippen LogP contribution in [0, 0.1) is 5.92 Å². The third-order valence-corrected chi connectivity index (χ3v) is 5.09. The van der Waals surface area contributed by atoms with E-state index in [9.17, 15) is 9.90 Å². The molecule has 4 nitrogen and oxygen atoms in total. The van der Waals surface area contributed by atoms with Crippen LogP contribution in [0.15, 0.2) is 9.85 Å². The molecule has 1 atom stereocenters. The van der Waals surface area contributed by atoms with Crippen LogP contribution in [0.1, 0.15) is 29.4 Å². The number of nitrogens with one attached hydrogen (secondary N) is 1. The minimum absolute atomic E-state index is 0.0346. The maximum atomic E-state index is 12.1. The molecule has 0 radical (unpaired) electrons. The molecule has 1 unspecified atom stereocenters. The maximum absolute atomic E-state index is 12.1. The topological polar surface area (TPSA) is 58.6 Å². The lowest BCUT2D eigenvalue weighted by Crippen LogP contribution is -2.50. The lowest BCUT2D eigenvalue weighted by molar-refractivity contribution is 0.0828. The van der Waals surface area contributed by atoms with Gasteiger partial charge in [0.25, 0.3) is 5.91 Å². The third kappa shape index (κ3) is 2.70. The molecule has 0 aromatic carbocycles. The van der Waals surface area contributed by atoms with Crippen molar-refractivity contribution in [3.05, 3.63) is 14.7 Å². The number of aliphatic hydroxyl groups is 1. The Morgan fingerprint density at radius 1 is 1.72 bits per heavy atom. The van der Waals surface area contributed by atoms with Gasteiger partial charge in [0.05, 0.1) is 24.1 Å². The first-order valence-corrected chi connectivity index (χ1v) is 7.38. The second kappa shape index (κ2) is 5.19. The fraction of sp³-hybridized carbons (Fsp3) is 0.583. The van der Waals surface area contributed by atoms with Crippen LogP contribution in [-0.4, -0.2) is 30.3 Å². The van der Waals surface area contributed by atoms with Crippen LogP contribution >= 0.6 is 27.3 Å². The number of ether oxygens (including phenoxy) is 1. The van der Waals surface area contributed by atoms with E-state index in [1.807, 2.05) is 6.92 Å². The summed E-state index contributed by atoms with van der Waals surface area (Å²) in [6, 6.07) is 1.70. The molecule has 6 heteroatoms. The van der Waals surface area contributed by atoms with Crippen LogP contribution < -0.4 is 10.1 Å². The Balaban J connectivity index is 2.11. The van der Waals surface area contributed by atoms with Crippen molar-refractivity contribution in [3.8, 4) is 5.75 Å². The lowest BCUT2D eigenvalue weighted by Gasteiger charge is -2.28. The van der Waals surface area contributed by atoms with Crippen molar-refractivity contribution in [3.63, 3.8) is 0 Å². The summed E-state index contributed by atoms with van der Waals surface area (Å²) in [5.41, 5.74) is -0.513. The Morgan fingerprint density at radius 3 is 2.83 bits per heavy atom. The number of carbonyl (C=O) groups excluding carboxylic acids is 1. The number of methoxy groups -OCH3 is 1. The zero-order chi connectivity index (χ0) is 13.3. The summed E-state index contributed by atoms with van der Waals surface area (Å²) in [4.78, 5) is 12.7. The molecule has 1 aliphatic carbocycles. The molecule has 2 rings (SSSR count). The fourth-order valence-electron chi connectivity index (χ4n) is 1.92. The van der Waals surface area contributed by atoms with Crippen molar-refractivity contribution in [1.29, 1.82) is 0 Å². The Hall–Kier alpha value is -0.590. The molecule has 1 aromatic rings. The van der Waals surface area contributed by atoms with Crippen molar-refractivity contribution < 1.29 is 14.6 Å². The summed E-state index contributed by atoms with van der Waals surface area (Å²) >= 11 is 4.68. The smallest absolute Gasteiger partial charge is 0.262 e. The minimum Gasteiger partial charge on any atom is -0.495 e.